The van der Waals surface area contributed by atoms with Crippen LogP contribution in [0.5, 0.6) is 0 Å². The van der Waals surface area contributed by atoms with E-state index in [0.717, 1.165) is 39.3 Å². The molecule has 114 valence electrons. The van der Waals surface area contributed by atoms with Gasteiger partial charge in [0.1, 0.15) is 0 Å². The minimum atomic E-state index is 0.741. The summed E-state index contributed by atoms with van der Waals surface area (Å²) >= 11 is 0. The van der Waals surface area contributed by atoms with Gasteiger partial charge in [0.25, 0.3) is 0 Å². The molecule has 4 heteroatoms. The van der Waals surface area contributed by atoms with Crippen LogP contribution in [0.2, 0.25) is 0 Å². The summed E-state index contributed by atoms with van der Waals surface area (Å²) in [6.07, 6.45) is 1.03. The lowest BCUT2D eigenvalue weighted by atomic mass is 10.1. The van der Waals surface area contributed by atoms with Crippen LogP contribution in [0.4, 0.5) is 5.69 Å². The van der Waals surface area contributed by atoms with Crippen molar-refractivity contribution in [3.05, 3.63) is 29.3 Å². The Morgan fingerprint density at radius 3 is 2.45 bits per heavy atom. The molecule has 0 saturated heterocycles. The molecule has 0 aromatic heterocycles. The van der Waals surface area contributed by atoms with Crippen LogP contribution < -0.4 is 10.2 Å². The second-order valence-corrected chi connectivity index (χ2v) is 4.98. The highest BCUT2D eigenvalue weighted by molar-refractivity contribution is 5.54. The number of nitrogens with one attached hydrogen (secondary N) is 1. The summed E-state index contributed by atoms with van der Waals surface area (Å²) in [5.74, 6) is 0. The van der Waals surface area contributed by atoms with E-state index in [1.54, 1.807) is 14.2 Å². The van der Waals surface area contributed by atoms with Crippen LogP contribution in [0.25, 0.3) is 0 Å². The van der Waals surface area contributed by atoms with Gasteiger partial charge in [0, 0.05) is 46.1 Å². The summed E-state index contributed by atoms with van der Waals surface area (Å²) in [6, 6.07) is 6.65. The van der Waals surface area contributed by atoms with Crippen molar-refractivity contribution >= 4 is 5.69 Å². The van der Waals surface area contributed by atoms with E-state index in [-0.39, 0.29) is 0 Å². The normalized spacial score (nSPS) is 10.8. The third-order valence-corrected chi connectivity index (χ3v) is 3.32. The molecule has 1 aromatic rings. The zero-order valence-electron chi connectivity index (χ0n) is 13.2. The highest BCUT2D eigenvalue weighted by Gasteiger charge is 2.09. The highest BCUT2D eigenvalue weighted by Crippen LogP contribution is 2.21. The summed E-state index contributed by atoms with van der Waals surface area (Å²) in [7, 11) is 5.46. The van der Waals surface area contributed by atoms with E-state index < -0.39 is 0 Å². The summed E-state index contributed by atoms with van der Waals surface area (Å²) in [6.45, 7) is 6.51. The summed E-state index contributed by atoms with van der Waals surface area (Å²) in [4.78, 5) is 2.38. The van der Waals surface area contributed by atoms with Crippen molar-refractivity contribution < 1.29 is 9.47 Å². The van der Waals surface area contributed by atoms with Gasteiger partial charge in [0.2, 0.25) is 0 Å². The Hall–Kier alpha value is -1.10. The van der Waals surface area contributed by atoms with E-state index in [1.165, 1.54) is 16.8 Å². The molecule has 0 bridgehead atoms. The molecule has 0 aliphatic rings. The first kappa shape index (κ1) is 17.0. The SMILES string of the molecule is CNCc1ccc(N(CCCOC)CCOC)c(C)c1. The molecule has 1 aromatic carbocycles. The van der Waals surface area contributed by atoms with Crippen LogP contribution >= 0.6 is 0 Å². The van der Waals surface area contributed by atoms with E-state index in [2.05, 4.69) is 35.3 Å². The molecule has 0 saturated carbocycles. The number of anilines is 1. The third-order valence-electron chi connectivity index (χ3n) is 3.32. The van der Waals surface area contributed by atoms with Crippen molar-refractivity contribution in [3.63, 3.8) is 0 Å². The van der Waals surface area contributed by atoms with Gasteiger partial charge in [-0.3, -0.25) is 0 Å². The van der Waals surface area contributed by atoms with Crippen molar-refractivity contribution in [2.24, 2.45) is 0 Å². The predicted octanol–water partition coefficient (Wildman–Crippen LogP) is 2.20. The minimum Gasteiger partial charge on any atom is -0.385 e. The molecule has 0 amide bonds. The van der Waals surface area contributed by atoms with Gasteiger partial charge >= 0.3 is 0 Å². The largest absolute Gasteiger partial charge is 0.385 e. The highest BCUT2D eigenvalue weighted by atomic mass is 16.5. The maximum Gasteiger partial charge on any atom is 0.0637 e. The molecular weight excluding hydrogens is 252 g/mol. The number of ether oxygens (including phenoxy) is 2. The van der Waals surface area contributed by atoms with Gasteiger partial charge in [0.15, 0.2) is 0 Å². The number of methoxy groups -OCH3 is 2. The number of rotatable bonds is 10. The van der Waals surface area contributed by atoms with E-state index in [4.69, 9.17) is 9.47 Å². The van der Waals surface area contributed by atoms with Gasteiger partial charge < -0.3 is 19.7 Å². The smallest absolute Gasteiger partial charge is 0.0637 e. The lowest BCUT2D eigenvalue weighted by Gasteiger charge is -2.26. The molecule has 1 rings (SSSR count). The zero-order valence-corrected chi connectivity index (χ0v) is 13.2. The number of hydrogen-bond acceptors (Lipinski definition) is 4. The Morgan fingerprint density at radius 1 is 1.10 bits per heavy atom. The van der Waals surface area contributed by atoms with E-state index in [1.807, 2.05) is 7.05 Å². The monoisotopic (exact) mass is 280 g/mol. The Morgan fingerprint density at radius 2 is 1.85 bits per heavy atom. The maximum atomic E-state index is 5.22. The molecule has 0 spiro atoms. The number of aryl methyl sites for hydroxylation is 1. The van der Waals surface area contributed by atoms with Gasteiger partial charge in [-0.05, 0) is 37.6 Å². The Balaban J connectivity index is 2.77. The van der Waals surface area contributed by atoms with Crippen molar-refractivity contribution in [2.75, 3.05) is 52.5 Å². The maximum absolute atomic E-state index is 5.22. The predicted molar refractivity (Wildman–Crippen MR) is 84.5 cm³/mol. The first-order valence-corrected chi connectivity index (χ1v) is 7.20. The standard InChI is InChI=1S/C16H28N2O2/c1-14-12-15(13-17-2)6-7-16(14)18(9-11-20-4)8-5-10-19-3/h6-7,12,17H,5,8-11,13H2,1-4H3. The van der Waals surface area contributed by atoms with Crippen LogP contribution in [0.1, 0.15) is 17.5 Å². The molecule has 0 unspecified atom stereocenters. The second-order valence-electron chi connectivity index (χ2n) is 4.98. The van der Waals surface area contributed by atoms with Crippen molar-refractivity contribution in [2.45, 2.75) is 19.9 Å². The second kappa shape index (κ2) is 9.75. The lowest BCUT2D eigenvalue weighted by molar-refractivity contribution is 0.191. The average Bonchev–Trinajstić information content (AvgIpc) is 2.44. The molecule has 4 nitrogen and oxygen atoms in total. The third kappa shape index (κ3) is 5.49. The molecule has 0 aliphatic carbocycles. The van der Waals surface area contributed by atoms with Gasteiger partial charge in [-0.1, -0.05) is 12.1 Å². The minimum absolute atomic E-state index is 0.741. The van der Waals surface area contributed by atoms with Crippen molar-refractivity contribution in [1.82, 2.24) is 5.32 Å². The Kier molecular flexibility index (Phi) is 8.26. The fraction of sp³-hybridized carbons (Fsp3) is 0.625. The fourth-order valence-corrected chi connectivity index (χ4v) is 2.34. The van der Waals surface area contributed by atoms with E-state index in [9.17, 15) is 0 Å². The van der Waals surface area contributed by atoms with Gasteiger partial charge in [-0.15, -0.1) is 0 Å². The van der Waals surface area contributed by atoms with Crippen LogP contribution in [-0.2, 0) is 16.0 Å². The summed E-state index contributed by atoms with van der Waals surface area (Å²) < 4.78 is 10.4. The Bertz CT molecular complexity index is 383. The van der Waals surface area contributed by atoms with Crippen molar-refractivity contribution in [3.8, 4) is 0 Å². The fourth-order valence-electron chi connectivity index (χ4n) is 2.34. The van der Waals surface area contributed by atoms with Crippen molar-refractivity contribution in [1.29, 1.82) is 0 Å². The summed E-state index contributed by atoms with van der Waals surface area (Å²) in [5.41, 5.74) is 3.92. The number of nitrogens with zero attached hydrogens (tertiary/aromatic N) is 1. The Labute approximate surface area is 123 Å². The molecule has 0 atom stereocenters. The molecule has 0 aliphatic heterocycles. The molecule has 1 N–H and O–H groups in total. The van der Waals surface area contributed by atoms with Crippen LogP contribution in [-0.4, -0.2) is 47.6 Å². The van der Waals surface area contributed by atoms with Gasteiger partial charge in [-0.2, -0.15) is 0 Å². The molecule has 20 heavy (non-hydrogen) atoms. The summed E-state index contributed by atoms with van der Waals surface area (Å²) in [5, 5.41) is 3.19. The topological polar surface area (TPSA) is 33.7 Å². The molecule has 0 heterocycles. The molecule has 0 radical (unpaired) electrons. The average molecular weight is 280 g/mol. The zero-order chi connectivity index (χ0) is 14.8. The molecular formula is C16H28N2O2. The quantitative estimate of drug-likeness (QED) is 0.666. The van der Waals surface area contributed by atoms with Gasteiger partial charge in [0.05, 0.1) is 6.61 Å². The van der Waals surface area contributed by atoms with E-state index >= 15 is 0 Å². The van der Waals surface area contributed by atoms with E-state index in [0.29, 0.717) is 0 Å². The van der Waals surface area contributed by atoms with Crippen LogP contribution in [0.3, 0.4) is 0 Å². The lowest BCUT2D eigenvalue weighted by Crippen LogP contribution is -2.29. The molecule has 0 fully saturated rings. The van der Waals surface area contributed by atoms with Gasteiger partial charge in [-0.25, -0.2) is 0 Å². The van der Waals surface area contributed by atoms with Crippen LogP contribution in [0.15, 0.2) is 18.2 Å². The number of hydrogen-bond donors (Lipinski definition) is 1. The van der Waals surface area contributed by atoms with Crippen LogP contribution in [0, 0.1) is 6.92 Å². The number of benzene rings is 1. The first-order chi connectivity index (χ1) is 9.72. The first-order valence-electron chi connectivity index (χ1n) is 7.20.